The molecule has 0 fully saturated rings. The fourth-order valence-electron chi connectivity index (χ4n) is 3.84. The summed E-state index contributed by atoms with van der Waals surface area (Å²) in [6.07, 6.45) is 7.69. The zero-order valence-electron chi connectivity index (χ0n) is 15.6. The molecule has 1 unspecified atom stereocenters. The first-order valence-corrected chi connectivity index (χ1v) is 10.8. The lowest BCUT2D eigenvalue weighted by atomic mass is 10.1. The Balaban J connectivity index is 1.43. The molecular weight excluding hydrogens is 372 g/mol. The van der Waals surface area contributed by atoms with Gasteiger partial charge in [0.15, 0.2) is 5.75 Å². The Labute approximate surface area is 165 Å². The van der Waals surface area contributed by atoms with Crippen molar-refractivity contribution >= 4 is 22.1 Å². The average molecular weight is 395 g/mol. The minimum atomic E-state index is -0.595. The van der Waals surface area contributed by atoms with Gasteiger partial charge in [-0.1, -0.05) is 29.8 Å². The molecule has 4 heterocycles. The fourth-order valence-corrected chi connectivity index (χ4v) is 6.27. The summed E-state index contributed by atoms with van der Waals surface area (Å²) < 4.78 is 4.28. The second-order valence-electron chi connectivity index (χ2n) is 7.33. The Morgan fingerprint density at radius 1 is 1.21 bits per heavy atom. The molecule has 2 aliphatic heterocycles. The molecule has 1 atom stereocenters. The SMILES string of the molecule is Cc1ccc(C2=Cc3nccn3[SH]2CN2CCn3cc(O)c(=O)cc3C2)cc1. The number of imidazole rings is 1. The molecule has 0 radical (unpaired) electrons. The predicted molar refractivity (Wildman–Crippen MR) is 113 cm³/mol. The standard InChI is InChI=1S/C21H22N4O2S/c1-15-2-4-16(5-3-15)20-11-21-22-6-7-25(21)28(20)14-23-8-9-24-13-19(27)18(26)10-17(24)12-23/h2-7,10-11,13,27-28H,8-9,12,14H2,1H3. The molecule has 144 valence electrons. The van der Waals surface area contributed by atoms with E-state index in [9.17, 15) is 9.90 Å². The number of aryl methyl sites for hydroxylation is 1. The third kappa shape index (κ3) is 2.96. The van der Waals surface area contributed by atoms with Crippen molar-refractivity contribution in [3.05, 3.63) is 81.8 Å². The molecule has 0 amide bonds. The van der Waals surface area contributed by atoms with E-state index in [1.165, 1.54) is 16.0 Å². The third-order valence-electron chi connectivity index (χ3n) is 5.37. The number of rotatable bonds is 3. The van der Waals surface area contributed by atoms with Crippen molar-refractivity contribution in [3.8, 4) is 5.75 Å². The summed E-state index contributed by atoms with van der Waals surface area (Å²) in [6.45, 7) is 4.47. The first kappa shape index (κ1) is 17.3. The van der Waals surface area contributed by atoms with Crippen LogP contribution in [0.5, 0.6) is 5.75 Å². The molecule has 0 saturated heterocycles. The van der Waals surface area contributed by atoms with Crippen LogP contribution in [-0.4, -0.2) is 36.0 Å². The van der Waals surface area contributed by atoms with Crippen LogP contribution in [0.4, 0.5) is 0 Å². The lowest BCUT2D eigenvalue weighted by Gasteiger charge is -2.34. The summed E-state index contributed by atoms with van der Waals surface area (Å²) in [5, 5.41) is 9.68. The number of aromatic nitrogens is 3. The number of fused-ring (bicyclic) bond motifs is 2. The number of hydrogen-bond acceptors (Lipinski definition) is 4. The normalized spacial score (nSPS) is 19.9. The van der Waals surface area contributed by atoms with Gasteiger partial charge in [-0.05, 0) is 18.6 Å². The number of thiol groups is 1. The van der Waals surface area contributed by atoms with Crippen molar-refractivity contribution in [2.24, 2.45) is 0 Å². The van der Waals surface area contributed by atoms with E-state index in [4.69, 9.17) is 0 Å². The van der Waals surface area contributed by atoms with E-state index in [0.29, 0.717) is 6.54 Å². The van der Waals surface area contributed by atoms with E-state index >= 15 is 0 Å². The molecule has 2 aromatic heterocycles. The number of nitrogens with zero attached hydrogens (tertiary/aromatic N) is 4. The second-order valence-corrected chi connectivity index (χ2v) is 9.32. The van der Waals surface area contributed by atoms with Crippen LogP contribution in [0, 0.1) is 6.92 Å². The van der Waals surface area contributed by atoms with Gasteiger partial charge >= 0.3 is 0 Å². The van der Waals surface area contributed by atoms with Gasteiger partial charge in [0.25, 0.3) is 0 Å². The van der Waals surface area contributed by atoms with E-state index in [-0.39, 0.29) is 11.2 Å². The third-order valence-corrected chi connectivity index (χ3v) is 7.84. The highest BCUT2D eigenvalue weighted by Gasteiger charge is 2.27. The molecule has 1 aromatic carbocycles. The largest absolute Gasteiger partial charge is 0.503 e. The lowest BCUT2D eigenvalue weighted by molar-refractivity contribution is 0.254. The van der Waals surface area contributed by atoms with E-state index < -0.39 is 11.1 Å². The molecule has 0 bridgehead atoms. The fraction of sp³-hybridized carbons (Fsp3) is 0.238. The first-order valence-electron chi connectivity index (χ1n) is 9.33. The van der Waals surface area contributed by atoms with E-state index in [1.54, 1.807) is 12.3 Å². The molecule has 0 saturated carbocycles. The molecule has 0 spiro atoms. The van der Waals surface area contributed by atoms with Crippen LogP contribution in [0.3, 0.4) is 0 Å². The summed E-state index contributed by atoms with van der Waals surface area (Å²) in [5.74, 6) is 1.75. The monoisotopic (exact) mass is 394 g/mol. The average Bonchev–Trinajstić information content (AvgIpc) is 3.26. The van der Waals surface area contributed by atoms with Gasteiger partial charge in [0.1, 0.15) is 5.82 Å². The zero-order chi connectivity index (χ0) is 19.3. The van der Waals surface area contributed by atoms with E-state index in [2.05, 4.69) is 57.3 Å². The number of aromatic hydroxyl groups is 1. The maximum Gasteiger partial charge on any atom is 0.223 e. The lowest BCUT2D eigenvalue weighted by Crippen LogP contribution is -2.36. The van der Waals surface area contributed by atoms with Crippen molar-refractivity contribution in [2.75, 3.05) is 12.4 Å². The van der Waals surface area contributed by atoms with Crippen molar-refractivity contribution < 1.29 is 5.11 Å². The van der Waals surface area contributed by atoms with Gasteiger partial charge < -0.3 is 9.67 Å². The minimum absolute atomic E-state index is 0.176. The van der Waals surface area contributed by atoms with Gasteiger partial charge in [-0.2, -0.15) is 0 Å². The van der Waals surface area contributed by atoms with E-state index in [0.717, 1.165) is 30.5 Å². The summed E-state index contributed by atoms with van der Waals surface area (Å²) in [6, 6.07) is 10.2. The Bertz CT molecular complexity index is 1130. The highest BCUT2D eigenvalue weighted by molar-refractivity contribution is 8.24. The number of benzene rings is 1. The predicted octanol–water partition coefficient (Wildman–Crippen LogP) is 2.81. The maximum atomic E-state index is 11.8. The summed E-state index contributed by atoms with van der Waals surface area (Å²) in [7, 11) is 0. The van der Waals surface area contributed by atoms with Crippen LogP contribution in [-0.2, 0) is 13.1 Å². The Kier molecular flexibility index (Phi) is 4.14. The van der Waals surface area contributed by atoms with E-state index in [1.807, 2.05) is 10.8 Å². The van der Waals surface area contributed by atoms with Crippen LogP contribution < -0.4 is 5.43 Å². The van der Waals surface area contributed by atoms with Crippen LogP contribution in [0.1, 0.15) is 22.6 Å². The maximum absolute atomic E-state index is 11.8. The van der Waals surface area contributed by atoms with Crippen LogP contribution in [0.2, 0.25) is 0 Å². The molecule has 2 aliphatic rings. The van der Waals surface area contributed by atoms with Gasteiger partial charge in [0.2, 0.25) is 5.43 Å². The molecule has 1 N–H and O–H groups in total. The van der Waals surface area contributed by atoms with Gasteiger partial charge in [0.05, 0.1) is 6.20 Å². The van der Waals surface area contributed by atoms with Gasteiger partial charge in [0, 0.05) is 54.6 Å². The molecule has 28 heavy (non-hydrogen) atoms. The topological polar surface area (TPSA) is 63.3 Å². The molecule has 3 aromatic rings. The molecule has 5 rings (SSSR count). The summed E-state index contributed by atoms with van der Waals surface area (Å²) >= 11 is -0.595. The molecule has 6 nitrogen and oxygen atoms in total. The molecule has 7 heteroatoms. The highest BCUT2D eigenvalue weighted by atomic mass is 32.2. The Morgan fingerprint density at radius 3 is 2.86 bits per heavy atom. The van der Waals surface area contributed by atoms with Gasteiger partial charge in [-0.25, -0.2) is 4.98 Å². The quantitative estimate of drug-likeness (QED) is 0.671. The minimum Gasteiger partial charge on any atom is -0.503 e. The Hall–Kier alpha value is -2.77. The first-order chi connectivity index (χ1) is 13.6. The van der Waals surface area contributed by atoms with Crippen molar-refractivity contribution in [1.82, 2.24) is 18.4 Å². The summed E-state index contributed by atoms with van der Waals surface area (Å²) in [5.41, 5.74) is 3.15. The van der Waals surface area contributed by atoms with Crippen molar-refractivity contribution in [2.45, 2.75) is 20.0 Å². The van der Waals surface area contributed by atoms with Gasteiger partial charge in [-0.3, -0.25) is 13.7 Å². The number of hydrogen-bond donors (Lipinski definition) is 2. The van der Waals surface area contributed by atoms with Crippen molar-refractivity contribution in [3.63, 3.8) is 0 Å². The zero-order valence-corrected chi connectivity index (χ0v) is 16.5. The summed E-state index contributed by atoms with van der Waals surface area (Å²) in [4.78, 5) is 20.1. The van der Waals surface area contributed by atoms with Crippen LogP contribution in [0.15, 0.2) is 53.7 Å². The smallest absolute Gasteiger partial charge is 0.223 e. The van der Waals surface area contributed by atoms with Crippen LogP contribution >= 0.6 is 11.1 Å². The van der Waals surface area contributed by atoms with Crippen LogP contribution in [0.25, 0.3) is 11.0 Å². The number of pyridine rings is 1. The molecule has 0 aliphatic carbocycles. The van der Waals surface area contributed by atoms with Gasteiger partial charge in [-0.15, -0.1) is 11.1 Å². The highest BCUT2D eigenvalue weighted by Crippen LogP contribution is 2.50. The second kappa shape index (κ2) is 6.68. The van der Waals surface area contributed by atoms with Crippen molar-refractivity contribution in [1.29, 1.82) is 0 Å². The Morgan fingerprint density at radius 2 is 2.04 bits per heavy atom. The molecular formula is C21H22N4O2S.